The van der Waals surface area contributed by atoms with Crippen molar-refractivity contribution >= 4 is 5.97 Å². The van der Waals surface area contributed by atoms with E-state index in [1.165, 1.54) is 0 Å². The van der Waals surface area contributed by atoms with Crippen LogP contribution in [0.25, 0.3) is 0 Å². The molecule has 0 radical (unpaired) electrons. The van der Waals surface area contributed by atoms with E-state index in [4.69, 9.17) is 4.74 Å². The van der Waals surface area contributed by atoms with Crippen molar-refractivity contribution in [2.24, 2.45) is 0 Å². The molecule has 0 unspecified atom stereocenters. The Morgan fingerprint density at radius 2 is 2.06 bits per heavy atom. The number of rotatable bonds is 3. The van der Waals surface area contributed by atoms with Crippen LogP contribution in [0.5, 0.6) is 5.75 Å². The van der Waals surface area contributed by atoms with E-state index in [-0.39, 0.29) is 11.7 Å². The maximum absolute atomic E-state index is 11.2. The number of carboxylic acids is 1. The number of benzene rings is 1. The van der Waals surface area contributed by atoms with E-state index >= 15 is 0 Å². The van der Waals surface area contributed by atoms with Crippen LogP contribution < -0.4 is 4.74 Å². The number of likely N-dealkylation sites (tertiary alicyclic amines) is 1. The predicted molar refractivity (Wildman–Crippen MR) is 69.3 cm³/mol. The number of carboxylic acid groups (broad SMARTS) is 1. The molecule has 0 aliphatic carbocycles. The number of hydrogen-bond acceptors (Lipinski definition) is 3. The smallest absolute Gasteiger partial charge is 0.339 e. The van der Waals surface area contributed by atoms with E-state index in [2.05, 4.69) is 11.9 Å². The van der Waals surface area contributed by atoms with Crippen LogP contribution in [0.3, 0.4) is 0 Å². The van der Waals surface area contributed by atoms with Crippen LogP contribution in [0.1, 0.15) is 28.8 Å². The minimum atomic E-state index is -0.929. The van der Waals surface area contributed by atoms with Gasteiger partial charge in [-0.15, -0.1) is 0 Å². The highest BCUT2D eigenvalue weighted by Crippen LogP contribution is 2.26. The van der Waals surface area contributed by atoms with Gasteiger partial charge < -0.3 is 14.7 Å². The molecular weight excluding hydrogens is 230 g/mol. The van der Waals surface area contributed by atoms with E-state index in [1.54, 1.807) is 12.1 Å². The molecule has 98 valence electrons. The lowest BCUT2D eigenvalue weighted by molar-refractivity contribution is 0.0680. The Balaban J connectivity index is 2.15. The standard InChI is InChI=1S/C14H19NO3/c1-10-4-3-5-12(14(16)17)13(10)18-11-6-8-15(2)9-7-11/h3-5,11H,6-9H2,1-2H3,(H,16,17). The first-order chi connectivity index (χ1) is 8.58. The summed E-state index contributed by atoms with van der Waals surface area (Å²) >= 11 is 0. The van der Waals surface area contributed by atoms with Gasteiger partial charge >= 0.3 is 5.97 Å². The van der Waals surface area contributed by atoms with Crippen LogP contribution in [0.15, 0.2) is 18.2 Å². The number of ether oxygens (including phenoxy) is 1. The van der Waals surface area contributed by atoms with Gasteiger partial charge in [-0.05, 0) is 38.4 Å². The van der Waals surface area contributed by atoms with Gasteiger partial charge in [0.05, 0.1) is 0 Å². The topological polar surface area (TPSA) is 49.8 Å². The number of hydrogen-bond donors (Lipinski definition) is 1. The molecule has 2 rings (SSSR count). The zero-order valence-electron chi connectivity index (χ0n) is 10.8. The Hall–Kier alpha value is -1.55. The lowest BCUT2D eigenvalue weighted by Gasteiger charge is -2.30. The van der Waals surface area contributed by atoms with Gasteiger partial charge in [-0.3, -0.25) is 0 Å². The van der Waals surface area contributed by atoms with Gasteiger partial charge in [-0.1, -0.05) is 12.1 Å². The second-order valence-electron chi connectivity index (χ2n) is 4.88. The van der Waals surface area contributed by atoms with Gasteiger partial charge in [0, 0.05) is 13.1 Å². The first-order valence-electron chi connectivity index (χ1n) is 6.26. The van der Waals surface area contributed by atoms with Gasteiger partial charge in [0.25, 0.3) is 0 Å². The largest absolute Gasteiger partial charge is 0.489 e. The van der Waals surface area contributed by atoms with Gasteiger partial charge in [0.15, 0.2) is 0 Å². The highest BCUT2D eigenvalue weighted by molar-refractivity contribution is 5.91. The van der Waals surface area contributed by atoms with E-state index in [0.717, 1.165) is 31.5 Å². The van der Waals surface area contributed by atoms with Crippen molar-refractivity contribution in [1.82, 2.24) is 4.90 Å². The molecule has 0 aromatic heterocycles. The zero-order chi connectivity index (χ0) is 13.1. The fourth-order valence-corrected chi connectivity index (χ4v) is 2.25. The number of aryl methyl sites for hydroxylation is 1. The summed E-state index contributed by atoms with van der Waals surface area (Å²) in [6.45, 7) is 3.88. The Bertz CT molecular complexity index is 437. The summed E-state index contributed by atoms with van der Waals surface area (Å²) in [5.74, 6) is -0.402. The molecular formula is C14H19NO3. The zero-order valence-corrected chi connectivity index (χ0v) is 10.8. The Kier molecular flexibility index (Phi) is 3.87. The molecule has 1 saturated heterocycles. The number of aromatic carboxylic acids is 1. The monoisotopic (exact) mass is 249 g/mol. The van der Waals surface area contributed by atoms with Crippen LogP contribution >= 0.6 is 0 Å². The van der Waals surface area contributed by atoms with Crippen LogP contribution in [-0.2, 0) is 0 Å². The number of para-hydroxylation sites is 1. The van der Waals surface area contributed by atoms with Gasteiger partial charge in [0.2, 0.25) is 0 Å². The quantitative estimate of drug-likeness (QED) is 0.892. The van der Waals surface area contributed by atoms with Crippen molar-refractivity contribution in [2.75, 3.05) is 20.1 Å². The maximum Gasteiger partial charge on any atom is 0.339 e. The predicted octanol–water partition coefficient (Wildman–Crippen LogP) is 2.17. The van der Waals surface area contributed by atoms with Gasteiger partial charge in [-0.2, -0.15) is 0 Å². The van der Waals surface area contributed by atoms with Crippen molar-refractivity contribution in [3.05, 3.63) is 29.3 Å². The molecule has 4 nitrogen and oxygen atoms in total. The lowest BCUT2D eigenvalue weighted by Crippen LogP contribution is -2.36. The van der Waals surface area contributed by atoms with Gasteiger partial charge in [0.1, 0.15) is 17.4 Å². The normalized spacial score (nSPS) is 17.7. The molecule has 1 aromatic rings. The van der Waals surface area contributed by atoms with E-state index in [1.807, 2.05) is 13.0 Å². The van der Waals surface area contributed by atoms with Crippen molar-refractivity contribution < 1.29 is 14.6 Å². The molecule has 0 spiro atoms. The van der Waals surface area contributed by atoms with Gasteiger partial charge in [-0.25, -0.2) is 4.79 Å². The van der Waals surface area contributed by atoms with Crippen LogP contribution in [-0.4, -0.2) is 42.2 Å². The average molecular weight is 249 g/mol. The molecule has 4 heteroatoms. The maximum atomic E-state index is 11.2. The van der Waals surface area contributed by atoms with Crippen LogP contribution in [0, 0.1) is 6.92 Å². The van der Waals surface area contributed by atoms with Crippen LogP contribution in [0.4, 0.5) is 0 Å². The third-order valence-corrected chi connectivity index (χ3v) is 3.39. The molecule has 1 heterocycles. The minimum Gasteiger partial charge on any atom is -0.489 e. The summed E-state index contributed by atoms with van der Waals surface area (Å²) in [6, 6.07) is 5.23. The van der Waals surface area contributed by atoms with Crippen molar-refractivity contribution in [3.8, 4) is 5.75 Å². The molecule has 0 bridgehead atoms. The molecule has 18 heavy (non-hydrogen) atoms. The summed E-state index contributed by atoms with van der Waals surface area (Å²) < 4.78 is 5.92. The molecule has 0 amide bonds. The van der Waals surface area contributed by atoms with E-state index in [0.29, 0.717) is 5.75 Å². The highest BCUT2D eigenvalue weighted by atomic mass is 16.5. The molecule has 1 aliphatic rings. The Morgan fingerprint density at radius 1 is 1.39 bits per heavy atom. The van der Waals surface area contributed by atoms with Crippen molar-refractivity contribution in [3.63, 3.8) is 0 Å². The molecule has 1 aliphatic heterocycles. The minimum absolute atomic E-state index is 0.125. The number of piperidine rings is 1. The third-order valence-electron chi connectivity index (χ3n) is 3.39. The first kappa shape index (κ1) is 12.9. The number of carbonyl (C=O) groups is 1. The second kappa shape index (κ2) is 5.40. The Labute approximate surface area is 107 Å². The first-order valence-corrected chi connectivity index (χ1v) is 6.26. The fourth-order valence-electron chi connectivity index (χ4n) is 2.25. The van der Waals surface area contributed by atoms with Crippen molar-refractivity contribution in [2.45, 2.75) is 25.9 Å². The van der Waals surface area contributed by atoms with Crippen molar-refractivity contribution in [1.29, 1.82) is 0 Å². The molecule has 1 N–H and O–H groups in total. The van der Waals surface area contributed by atoms with Crippen LogP contribution in [0.2, 0.25) is 0 Å². The number of nitrogens with zero attached hydrogens (tertiary/aromatic N) is 1. The SMILES string of the molecule is Cc1cccc(C(=O)O)c1OC1CCN(C)CC1. The highest BCUT2D eigenvalue weighted by Gasteiger charge is 2.21. The third kappa shape index (κ3) is 2.82. The lowest BCUT2D eigenvalue weighted by atomic mass is 10.1. The second-order valence-corrected chi connectivity index (χ2v) is 4.88. The molecule has 0 saturated carbocycles. The molecule has 0 atom stereocenters. The van der Waals surface area contributed by atoms with E-state index in [9.17, 15) is 9.90 Å². The summed E-state index contributed by atoms with van der Waals surface area (Å²) in [4.78, 5) is 13.4. The summed E-state index contributed by atoms with van der Waals surface area (Å²) in [5.41, 5.74) is 1.14. The van der Waals surface area contributed by atoms with E-state index < -0.39 is 5.97 Å². The Morgan fingerprint density at radius 3 is 2.67 bits per heavy atom. The fraction of sp³-hybridized carbons (Fsp3) is 0.500. The summed E-state index contributed by atoms with van der Waals surface area (Å²) in [7, 11) is 2.09. The summed E-state index contributed by atoms with van der Waals surface area (Å²) in [5, 5.41) is 9.17. The molecule has 1 fully saturated rings. The summed E-state index contributed by atoms with van der Waals surface area (Å²) in [6.07, 6.45) is 2.02. The molecule has 1 aromatic carbocycles. The average Bonchev–Trinajstić information content (AvgIpc) is 2.34.